The molecule has 1 N–H and O–H groups in total. The first-order valence-electron chi connectivity index (χ1n) is 4.65. The molecule has 0 saturated heterocycles. The molecule has 1 unspecified atom stereocenters. The first-order valence-corrected chi connectivity index (χ1v) is 5.02. The summed E-state index contributed by atoms with van der Waals surface area (Å²) in [6, 6.07) is 2.57. The molecule has 1 aliphatic rings. The molecule has 1 heterocycles. The number of fused-ring (bicyclic) bond motifs is 1. The van der Waals surface area contributed by atoms with E-state index in [1.165, 1.54) is 12.1 Å². The van der Waals surface area contributed by atoms with Crippen molar-refractivity contribution in [2.45, 2.75) is 12.5 Å². The minimum atomic E-state index is -2.86. The van der Waals surface area contributed by atoms with Crippen molar-refractivity contribution in [2.75, 3.05) is 13.2 Å². The van der Waals surface area contributed by atoms with Gasteiger partial charge in [0.2, 0.25) is 0 Å². The highest BCUT2D eigenvalue weighted by Crippen LogP contribution is 2.40. The van der Waals surface area contributed by atoms with Crippen molar-refractivity contribution in [2.24, 2.45) is 0 Å². The summed E-state index contributed by atoms with van der Waals surface area (Å²) in [4.78, 5) is 0. The number of halogens is 3. The molecule has 3 nitrogen and oxygen atoms in total. The standard InChI is InChI=1S/C10H9ClF2O3/c11-6-3-5(8(14)10(12)13)4-7-9(6)16-2-1-15-7/h3-4,8,10,14H,1-2H2. The molecule has 0 fully saturated rings. The van der Waals surface area contributed by atoms with Gasteiger partial charge < -0.3 is 14.6 Å². The summed E-state index contributed by atoms with van der Waals surface area (Å²) in [5.74, 6) is 0.617. The average Bonchev–Trinajstić information content (AvgIpc) is 2.28. The molecule has 0 saturated carbocycles. The Kier molecular flexibility index (Phi) is 3.16. The highest BCUT2D eigenvalue weighted by atomic mass is 35.5. The van der Waals surface area contributed by atoms with Crippen LogP contribution < -0.4 is 9.47 Å². The fourth-order valence-electron chi connectivity index (χ4n) is 1.45. The molecule has 0 amide bonds. The van der Waals surface area contributed by atoms with Gasteiger partial charge in [0, 0.05) is 0 Å². The number of benzene rings is 1. The third kappa shape index (κ3) is 2.05. The van der Waals surface area contributed by atoms with Crippen LogP contribution in [0.1, 0.15) is 11.7 Å². The molecular weight excluding hydrogens is 242 g/mol. The smallest absolute Gasteiger partial charge is 0.268 e. The van der Waals surface area contributed by atoms with Crippen molar-refractivity contribution >= 4 is 11.6 Å². The molecular formula is C10H9ClF2O3. The van der Waals surface area contributed by atoms with Crippen LogP contribution in [0, 0.1) is 0 Å². The molecule has 1 atom stereocenters. The van der Waals surface area contributed by atoms with Gasteiger partial charge in [0.15, 0.2) is 11.5 Å². The van der Waals surface area contributed by atoms with Gasteiger partial charge in [-0.15, -0.1) is 0 Å². The van der Waals surface area contributed by atoms with Gasteiger partial charge in [-0.3, -0.25) is 0 Å². The summed E-state index contributed by atoms with van der Waals surface area (Å²) < 4.78 is 35.1. The SMILES string of the molecule is OC(c1cc(Cl)c2c(c1)OCCO2)C(F)F. The lowest BCUT2D eigenvalue weighted by Gasteiger charge is -2.21. The van der Waals surface area contributed by atoms with E-state index in [1.54, 1.807) is 0 Å². The fraction of sp³-hybridized carbons (Fsp3) is 0.400. The molecule has 0 spiro atoms. The topological polar surface area (TPSA) is 38.7 Å². The lowest BCUT2D eigenvalue weighted by atomic mass is 10.1. The molecule has 0 aromatic heterocycles. The number of hydrogen-bond donors (Lipinski definition) is 1. The Balaban J connectivity index is 2.39. The maximum Gasteiger partial charge on any atom is 0.268 e. The van der Waals surface area contributed by atoms with Crippen molar-refractivity contribution in [3.8, 4) is 11.5 Å². The maximum absolute atomic E-state index is 12.3. The van der Waals surface area contributed by atoms with Crippen molar-refractivity contribution in [1.82, 2.24) is 0 Å². The molecule has 88 valence electrons. The Morgan fingerprint density at radius 3 is 2.62 bits per heavy atom. The van der Waals surface area contributed by atoms with E-state index >= 15 is 0 Å². The minimum Gasteiger partial charge on any atom is -0.486 e. The van der Waals surface area contributed by atoms with Crippen molar-refractivity contribution in [3.05, 3.63) is 22.7 Å². The molecule has 0 aliphatic carbocycles. The third-order valence-corrected chi connectivity index (χ3v) is 2.48. The zero-order chi connectivity index (χ0) is 11.7. The Hall–Kier alpha value is -1.07. The first kappa shape index (κ1) is 11.4. The first-order chi connectivity index (χ1) is 7.59. The third-order valence-electron chi connectivity index (χ3n) is 2.20. The van der Waals surface area contributed by atoms with Gasteiger partial charge in [-0.25, -0.2) is 8.78 Å². The summed E-state index contributed by atoms with van der Waals surface area (Å²) in [7, 11) is 0. The van der Waals surface area contributed by atoms with Gasteiger partial charge in [-0.2, -0.15) is 0 Å². The van der Waals surface area contributed by atoms with E-state index in [0.717, 1.165) is 0 Å². The molecule has 1 aromatic carbocycles. The van der Waals surface area contributed by atoms with Crippen LogP contribution in [0.3, 0.4) is 0 Å². The second-order valence-electron chi connectivity index (χ2n) is 3.31. The highest BCUT2D eigenvalue weighted by molar-refractivity contribution is 6.32. The summed E-state index contributed by atoms with van der Waals surface area (Å²) >= 11 is 5.84. The number of aliphatic hydroxyl groups is 1. The number of rotatable bonds is 2. The van der Waals surface area contributed by atoms with E-state index in [4.69, 9.17) is 21.1 Å². The van der Waals surface area contributed by atoms with Crippen LogP contribution in [0.15, 0.2) is 12.1 Å². The Bertz CT molecular complexity index is 398. The predicted molar refractivity (Wildman–Crippen MR) is 53.4 cm³/mol. The van der Waals surface area contributed by atoms with Crippen molar-refractivity contribution < 1.29 is 23.4 Å². The Morgan fingerprint density at radius 1 is 1.25 bits per heavy atom. The molecule has 0 bridgehead atoms. The summed E-state index contributed by atoms with van der Waals surface area (Å²) in [5.41, 5.74) is 0.0178. The van der Waals surface area contributed by atoms with E-state index in [1.807, 2.05) is 0 Å². The van der Waals surface area contributed by atoms with Crippen LogP contribution in [0.4, 0.5) is 8.78 Å². The zero-order valence-electron chi connectivity index (χ0n) is 8.12. The van der Waals surface area contributed by atoms with E-state index in [-0.39, 0.29) is 16.3 Å². The molecule has 16 heavy (non-hydrogen) atoms. The lowest BCUT2D eigenvalue weighted by molar-refractivity contribution is -0.00600. The van der Waals surface area contributed by atoms with Crippen LogP contribution in [0.25, 0.3) is 0 Å². The van der Waals surface area contributed by atoms with Gasteiger partial charge >= 0.3 is 0 Å². The van der Waals surface area contributed by atoms with E-state index in [9.17, 15) is 13.9 Å². The van der Waals surface area contributed by atoms with E-state index in [2.05, 4.69) is 0 Å². The monoisotopic (exact) mass is 250 g/mol. The van der Waals surface area contributed by atoms with Crippen molar-refractivity contribution in [3.63, 3.8) is 0 Å². The van der Waals surface area contributed by atoms with Crippen LogP contribution in [0.2, 0.25) is 5.02 Å². The zero-order valence-corrected chi connectivity index (χ0v) is 8.88. The Morgan fingerprint density at radius 2 is 1.94 bits per heavy atom. The highest BCUT2D eigenvalue weighted by Gasteiger charge is 2.24. The molecule has 2 rings (SSSR count). The van der Waals surface area contributed by atoms with E-state index in [0.29, 0.717) is 19.0 Å². The summed E-state index contributed by atoms with van der Waals surface area (Å²) in [6.07, 6.45) is -4.73. The number of aliphatic hydroxyl groups excluding tert-OH is 1. The summed E-state index contributed by atoms with van der Waals surface area (Å²) in [6.45, 7) is 0.695. The molecule has 6 heteroatoms. The predicted octanol–water partition coefficient (Wildman–Crippen LogP) is 2.41. The largest absolute Gasteiger partial charge is 0.486 e. The minimum absolute atomic E-state index is 0.0178. The Labute approximate surface area is 95.5 Å². The van der Waals surface area contributed by atoms with Gasteiger partial charge in [0.05, 0.1) is 5.02 Å². The van der Waals surface area contributed by atoms with Crippen LogP contribution in [0.5, 0.6) is 11.5 Å². The molecule has 0 radical (unpaired) electrons. The molecule has 1 aromatic rings. The maximum atomic E-state index is 12.3. The van der Waals surface area contributed by atoms with E-state index < -0.39 is 12.5 Å². The van der Waals surface area contributed by atoms with Gasteiger partial charge in [-0.05, 0) is 17.7 Å². The normalized spacial score (nSPS) is 16.3. The van der Waals surface area contributed by atoms with Gasteiger partial charge in [-0.1, -0.05) is 11.6 Å². The van der Waals surface area contributed by atoms with Crippen LogP contribution in [-0.2, 0) is 0 Å². The average molecular weight is 251 g/mol. The number of alkyl halides is 2. The number of ether oxygens (including phenoxy) is 2. The second-order valence-corrected chi connectivity index (χ2v) is 3.71. The van der Waals surface area contributed by atoms with Crippen LogP contribution in [-0.4, -0.2) is 24.7 Å². The van der Waals surface area contributed by atoms with Crippen molar-refractivity contribution in [1.29, 1.82) is 0 Å². The summed E-state index contributed by atoms with van der Waals surface area (Å²) in [5, 5.41) is 9.38. The molecule has 1 aliphatic heterocycles. The lowest BCUT2D eigenvalue weighted by Crippen LogP contribution is -2.17. The number of hydrogen-bond acceptors (Lipinski definition) is 3. The van der Waals surface area contributed by atoms with Gasteiger partial charge in [0.1, 0.15) is 19.3 Å². The second kappa shape index (κ2) is 4.43. The quantitative estimate of drug-likeness (QED) is 0.876. The fourth-order valence-corrected chi connectivity index (χ4v) is 1.72. The van der Waals surface area contributed by atoms with Gasteiger partial charge in [0.25, 0.3) is 6.43 Å². The van der Waals surface area contributed by atoms with Crippen LogP contribution >= 0.6 is 11.6 Å².